The number of thiazole rings is 1. The topological polar surface area (TPSA) is 60.5 Å². The highest BCUT2D eigenvalue weighted by Gasteiger charge is 2.15. The van der Waals surface area contributed by atoms with Crippen LogP contribution in [0.3, 0.4) is 0 Å². The molecule has 0 saturated carbocycles. The van der Waals surface area contributed by atoms with E-state index in [4.69, 9.17) is 9.47 Å². The number of hydrogen-bond acceptors (Lipinski definition) is 6. The number of hydrogen-bond donors (Lipinski definition) is 1. The smallest absolute Gasteiger partial charge is 0.267 e. The van der Waals surface area contributed by atoms with Crippen molar-refractivity contribution < 1.29 is 14.3 Å². The lowest BCUT2D eigenvalue weighted by Crippen LogP contribution is -2.09. The molecule has 24 heavy (non-hydrogen) atoms. The summed E-state index contributed by atoms with van der Waals surface area (Å²) in [5.41, 5.74) is 1.98. The van der Waals surface area contributed by atoms with Crippen LogP contribution in [0.15, 0.2) is 18.2 Å². The van der Waals surface area contributed by atoms with Gasteiger partial charge in [-0.15, -0.1) is 11.3 Å². The van der Waals surface area contributed by atoms with Crippen LogP contribution in [-0.2, 0) is 6.42 Å². The molecule has 0 aliphatic carbocycles. The molecule has 0 aliphatic rings. The average molecular weight is 362 g/mol. The Bertz CT molecular complexity index is 858. The van der Waals surface area contributed by atoms with E-state index in [0.717, 1.165) is 16.6 Å². The Kier molecular flexibility index (Phi) is 4.73. The van der Waals surface area contributed by atoms with Gasteiger partial charge in [-0.25, -0.2) is 4.98 Å². The Labute approximate surface area is 148 Å². The molecule has 0 bridgehead atoms. The molecule has 1 amide bonds. The summed E-state index contributed by atoms with van der Waals surface area (Å²) in [6, 6.07) is 5.63. The molecule has 1 N–H and O–H groups in total. The fourth-order valence-electron chi connectivity index (χ4n) is 2.45. The van der Waals surface area contributed by atoms with Gasteiger partial charge in [-0.3, -0.25) is 10.1 Å². The lowest BCUT2D eigenvalue weighted by molar-refractivity contribution is 0.103. The molecular formula is C17H18N2O3S2. The van der Waals surface area contributed by atoms with Gasteiger partial charge in [0.15, 0.2) is 16.6 Å². The number of anilines is 1. The van der Waals surface area contributed by atoms with Gasteiger partial charge in [0.25, 0.3) is 5.91 Å². The highest BCUT2D eigenvalue weighted by molar-refractivity contribution is 7.22. The van der Waals surface area contributed by atoms with E-state index >= 15 is 0 Å². The summed E-state index contributed by atoms with van der Waals surface area (Å²) < 4.78 is 11.5. The number of nitrogens with one attached hydrogen (secondary N) is 1. The maximum absolute atomic E-state index is 12.4. The van der Waals surface area contributed by atoms with Crippen LogP contribution >= 0.6 is 22.7 Å². The summed E-state index contributed by atoms with van der Waals surface area (Å²) in [6.45, 7) is 4.13. The van der Waals surface area contributed by atoms with Gasteiger partial charge in [-0.05, 0) is 25.0 Å². The van der Waals surface area contributed by atoms with Gasteiger partial charge in [0.2, 0.25) is 0 Å². The van der Waals surface area contributed by atoms with Gasteiger partial charge < -0.3 is 9.47 Å². The van der Waals surface area contributed by atoms with E-state index in [9.17, 15) is 4.79 Å². The molecule has 5 nitrogen and oxygen atoms in total. The summed E-state index contributed by atoms with van der Waals surface area (Å²) in [5.74, 6) is 1.14. The molecule has 1 aromatic carbocycles. The normalized spacial score (nSPS) is 10.8. The second kappa shape index (κ2) is 6.78. The van der Waals surface area contributed by atoms with Crippen LogP contribution in [0, 0.1) is 6.92 Å². The van der Waals surface area contributed by atoms with E-state index in [1.165, 1.54) is 33.1 Å². The zero-order chi connectivity index (χ0) is 17.3. The minimum atomic E-state index is -0.124. The highest BCUT2D eigenvalue weighted by Crippen LogP contribution is 2.36. The zero-order valence-corrected chi connectivity index (χ0v) is 15.6. The monoisotopic (exact) mass is 362 g/mol. The molecule has 0 fully saturated rings. The second-order valence-corrected chi connectivity index (χ2v) is 7.48. The molecule has 126 valence electrons. The van der Waals surface area contributed by atoms with Gasteiger partial charge in [-0.1, -0.05) is 18.3 Å². The second-order valence-electron chi connectivity index (χ2n) is 5.19. The number of amides is 1. The van der Waals surface area contributed by atoms with E-state index < -0.39 is 0 Å². The molecule has 0 radical (unpaired) electrons. The Hall–Kier alpha value is -2.12. The quantitative estimate of drug-likeness (QED) is 0.726. The Morgan fingerprint density at radius 2 is 1.88 bits per heavy atom. The number of thiophene rings is 1. The van der Waals surface area contributed by atoms with Crippen molar-refractivity contribution in [3.8, 4) is 11.5 Å². The Morgan fingerprint density at radius 1 is 1.17 bits per heavy atom. The summed E-state index contributed by atoms with van der Waals surface area (Å²) in [5, 5.41) is 3.45. The lowest BCUT2D eigenvalue weighted by atomic mass is 10.2. The SMILES string of the molecule is CCc1cc(C(=O)Nc2nc3cc(OC)c(OC)cc3s2)sc1C. The molecule has 0 atom stereocenters. The molecule has 7 heteroatoms. The van der Waals surface area contributed by atoms with Gasteiger partial charge in [0.05, 0.1) is 29.3 Å². The van der Waals surface area contributed by atoms with Gasteiger partial charge in [0.1, 0.15) is 0 Å². The van der Waals surface area contributed by atoms with Crippen LogP contribution in [0.2, 0.25) is 0 Å². The minimum absolute atomic E-state index is 0.124. The fourth-order valence-corrected chi connectivity index (χ4v) is 4.33. The number of carbonyl (C=O) groups is 1. The van der Waals surface area contributed by atoms with Crippen LogP contribution < -0.4 is 14.8 Å². The number of aryl methyl sites for hydroxylation is 2. The molecule has 0 aliphatic heterocycles. The molecule has 0 spiro atoms. The third kappa shape index (κ3) is 3.09. The van der Waals surface area contributed by atoms with Gasteiger partial charge >= 0.3 is 0 Å². The predicted octanol–water partition coefficient (Wildman–Crippen LogP) is 4.50. The van der Waals surface area contributed by atoms with Crippen LogP contribution in [-0.4, -0.2) is 25.1 Å². The van der Waals surface area contributed by atoms with Crippen LogP contribution in [0.25, 0.3) is 10.2 Å². The third-order valence-corrected chi connectivity index (χ3v) is 5.76. The number of fused-ring (bicyclic) bond motifs is 1. The van der Waals surface area contributed by atoms with Crippen molar-refractivity contribution in [3.63, 3.8) is 0 Å². The molecule has 3 aromatic rings. The largest absolute Gasteiger partial charge is 0.493 e. The van der Waals surface area contributed by atoms with E-state index in [1.807, 2.05) is 25.1 Å². The van der Waals surface area contributed by atoms with Gasteiger partial charge in [-0.2, -0.15) is 0 Å². The van der Waals surface area contributed by atoms with Crippen LogP contribution in [0.5, 0.6) is 11.5 Å². The Balaban J connectivity index is 1.88. The molecule has 2 heterocycles. The standard InChI is InChI=1S/C17H18N2O3S2/c1-5-10-6-15(23-9(10)2)16(20)19-17-18-11-7-12(21-3)13(22-4)8-14(11)24-17/h6-8H,5H2,1-4H3,(H,18,19,20). The fraction of sp³-hybridized carbons (Fsp3) is 0.294. The van der Waals surface area contributed by atoms with E-state index in [2.05, 4.69) is 17.2 Å². The highest BCUT2D eigenvalue weighted by atomic mass is 32.1. The number of nitrogens with zero attached hydrogens (tertiary/aromatic N) is 1. The lowest BCUT2D eigenvalue weighted by Gasteiger charge is -2.05. The van der Waals surface area contributed by atoms with E-state index in [0.29, 0.717) is 21.5 Å². The molecule has 0 unspecified atom stereocenters. The number of carbonyl (C=O) groups excluding carboxylic acids is 1. The average Bonchev–Trinajstić information content (AvgIpc) is 3.15. The number of aromatic nitrogens is 1. The number of ether oxygens (including phenoxy) is 2. The number of benzene rings is 1. The summed E-state index contributed by atoms with van der Waals surface area (Å²) in [7, 11) is 3.18. The van der Waals surface area contributed by atoms with Crippen molar-refractivity contribution in [2.75, 3.05) is 19.5 Å². The third-order valence-electron chi connectivity index (χ3n) is 3.74. The minimum Gasteiger partial charge on any atom is -0.493 e. The maximum atomic E-state index is 12.4. The first-order valence-corrected chi connectivity index (χ1v) is 9.12. The van der Waals surface area contributed by atoms with Crippen molar-refractivity contribution in [2.24, 2.45) is 0 Å². The number of rotatable bonds is 5. The van der Waals surface area contributed by atoms with Crippen molar-refractivity contribution in [1.82, 2.24) is 4.98 Å². The summed E-state index contributed by atoms with van der Waals surface area (Å²) in [4.78, 5) is 18.8. The van der Waals surface area contributed by atoms with Crippen LogP contribution in [0.4, 0.5) is 5.13 Å². The molecule has 3 rings (SSSR count). The Morgan fingerprint density at radius 3 is 2.50 bits per heavy atom. The van der Waals surface area contributed by atoms with Crippen LogP contribution in [0.1, 0.15) is 27.0 Å². The summed E-state index contributed by atoms with van der Waals surface area (Å²) >= 11 is 2.92. The maximum Gasteiger partial charge on any atom is 0.267 e. The van der Waals surface area contributed by atoms with Crippen molar-refractivity contribution in [3.05, 3.63) is 33.5 Å². The first-order valence-electron chi connectivity index (χ1n) is 7.49. The number of methoxy groups -OCH3 is 2. The van der Waals surface area contributed by atoms with Crippen molar-refractivity contribution in [2.45, 2.75) is 20.3 Å². The van der Waals surface area contributed by atoms with E-state index in [-0.39, 0.29) is 5.91 Å². The molecule has 2 aromatic heterocycles. The molecule has 0 saturated heterocycles. The predicted molar refractivity (Wildman–Crippen MR) is 99.1 cm³/mol. The van der Waals surface area contributed by atoms with Gasteiger partial charge in [0, 0.05) is 17.0 Å². The van der Waals surface area contributed by atoms with Crippen molar-refractivity contribution >= 4 is 43.9 Å². The first kappa shape index (κ1) is 16.7. The van der Waals surface area contributed by atoms with E-state index in [1.54, 1.807) is 14.2 Å². The zero-order valence-electron chi connectivity index (χ0n) is 13.9. The summed E-state index contributed by atoms with van der Waals surface area (Å²) in [6.07, 6.45) is 0.927. The van der Waals surface area contributed by atoms with Crippen molar-refractivity contribution in [1.29, 1.82) is 0 Å². The molecular weight excluding hydrogens is 344 g/mol. The first-order chi connectivity index (χ1) is 11.5.